The number of rotatable bonds is 7. The number of nitrogen functional groups attached to an aromatic ring is 1. The maximum Gasteiger partial charge on any atom is 0.262 e. The van der Waals surface area contributed by atoms with Crippen LogP contribution >= 0.6 is 0 Å². The lowest BCUT2D eigenvalue weighted by Crippen LogP contribution is -2.26. The number of alkyl halides is 1. The van der Waals surface area contributed by atoms with Gasteiger partial charge in [0.25, 0.3) is 5.91 Å². The van der Waals surface area contributed by atoms with Gasteiger partial charge in [-0.15, -0.1) is 0 Å². The molecule has 6 nitrogen and oxygen atoms in total. The van der Waals surface area contributed by atoms with E-state index in [0.717, 1.165) is 67.9 Å². The Kier molecular flexibility index (Phi) is 7.24. The van der Waals surface area contributed by atoms with Crippen LogP contribution < -0.4 is 20.5 Å². The zero-order chi connectivity index (χ0) is 26.8. The molecule has 0 saturated carbocycles. The number of nitrogens with zero attached hydrogens (tertiary/aromatic N) is 1. The van der Waals surface area contributed by atoms with Crippen LogP contribution in [0.15, 0.2) is 60.7 Å². The van der Waals surface area contributed by atoms with Crippen LogP contribution in [0, 0.1) is 0 Å². The quantitative estimate of drug-likeness (QED) is 0.385. The molecule has 3 aromatic carbocycles. The molecular weight excluding hydrogens is 493 g/mol. The Morgan fingerprint density at radius 2 is 1.90 bits per heavy atom. The zero-order valence-corrected chi connectivity index (χ0v) is 22.0. The molecule has 0 spiro atoms. The minimum absolute atomic E-state index is 0.0417. The third-order valence-electron chi connectivity index (χ3n) is 7.82. The summed E-state index contributed by atoms with van der Waals surface area (Å²) in [5, 5.41) is 2.95. The number of fused-ring (bicyclic) bond motifs is 2. The lowest BCUT2D eigenvalue weighted by molar-refractivity contribution is -0.118. The second-order valence-electron chi connectivity index (χ2n) is 10.6. The van der Waals surface area contributed by atoms with Crippen molar-refractivity contribution >= 4 is 28.4 Å². The summed E-state index contributed by atoms with van der Waals surface area (Å²) >= 11 is 0. The summed E-state index contributed by atoms with van der Waals surface area (Å²) in [4.78, 5) is 14.3. The number of nitrogens with one attached hydrogen (secondary N) is 1. The molecular formula is C32H34FN3O3. The molecule has 202 valence electrons. The third-order valence-corrected chi connectivity index (χ3v) is 7.82. The van der Waals surface area contributed by atoms with E-state index in [-0.39, 0.29) is 25.3 Å². The second-order valence-corrected chi connectivity index (χ2v) is 10.6. The number of hydrogen-bond acceptors (Lipinski definition) is 5. The number of anilines is 2. The molecule has 39 heavy (non-hydrogen) atoms. The largest absolute Gasteiger partial charge is 0.489 e. The van der Waals surface area contributed by atoms with Crippen LogP contribution in [0.4, 0.5) is 15.8 Å². The summed E-state index contributed by atoms with van der Waals surface area (Å²) in [6, 6.07) is 20.6. The first-order valence-electron chi connectivity index (χ1n) is 13.8. The van der Waals surface area contributed by atoms with Crippen LogP contribution in [0.5, 0.6) is 11.5 Å². The fourth-order valence-electron chi connectivity index (χ4n) is 5.97. The minimum Gasteiger partial charge on any atom is -0.489 e. The van der Waals surface area contributed by atoms with Gasteiger partial charge in [-0.2, -0.15) is 0 Å². The molecule has 3 aromatic rings. The van der Waals surface area contributed by atoms with Crippen molar-refractivity contribution in [3.05, 3.63) is 82.9 Å². The van der Waals surface area contributed by atoms with Gasteiger partial charge in [-0.05, 0) is 102 Å². The van der Waals surface area contributed by atoms with E-state index in [0.29, 0.717) is 17.9 Å². The topological polar surface area (TPSA) is 76.8 Å². The van der Waals surface area contributed by atoms with Gasteiger partial charge in [0.05, 0.1) is 12.4 Å². The Hall–Kier alpha value is -3.84. The number of amides is 1. The molecule has 1 amide bonds. The number of carbonyl (C=O) groups is 1. The highest BCUT2D eigenvalue weighted by atomic mass is 19.1. The predicted octanol–water partition coefficient (Wildman–Crippen LogP) is 5.71. The summed E-state index contributed by atoms with van der Waals surface area (Å²) in [6.45, 7) is 2.34. The number of halogens is 1. The highest BCUT2D eigenvalue weighted by Gasteiger charge is 2.25. The van der Waals surface area contributed by atoms with Gasteiger partial charge in [-0.3, -0.25) is 14.1 Å². The standard InChI is InChI=1S/C32H34FN3O3/c33-14-2-15-36-16-13-26(19-36)39-25-9-5-21(6-10-25)32-27(4-1-3-22-17-24(34)8-11-28(22)32)23-7-12-30-29(18-23)35-31(37)20-38-30/h5-12,17-18,26H,1-4,13-16,19-20,34H2,(H,35,37)/t26-/m0/s1. The molecule has 2 heterocycles. The van der Waals surface area contributed by atoms with Gasteiger partial charge in [0.2, 0.25) is 0 Å². The molecule has 3 aliphatic rings. The van der Waals surface area contributed by atoms with Crippen molar-refractivity contribution in [3.8, 4) is 11.5 Å². The lowest BCUT2D eigenvalue weighted by Gasteiger charge is -2.21. The van der Waals surface area contributed by atoms with E-state index in [9.17, 15) is 9.18 Å². The number of hydrogen-bond donors (Lipinski definition) is 2. The van der Waals surface area contributed by atoms with Crippen molar-refractivity contribution < 1.29 is 18.7 Å². The van der Waals surface area contributed by atoms with Crippen LogP contribution in [-0.2, 0) is 11.2 Å². The van der Waals surface area contributed by atoms with Crippen molar-refractivity contribution in [2.45, 2.75) is 38.2 Å². The second kappa shape index (κ2) is 11.1. The van der Waals surface area contributed by atoms with Crippen molar-refractivity contribution in [1.29, 1.82) is 0 Å². The normalized spacial score (nSPS) is 19.1. The molecule has 1 fully saturated rings. The van der Waals surface area contributed by atoms with Gasteiger partial charge in [-0.1, -0.05) is 24.3 Å². The molecule has 1 saturated heterocycles. The first-order valence-corrected chi connectivity index (χ1v) is 13.8. The molecule has 0 aromatic heterocycles. The molecule has 7 heteroatoms. The van der Waals surface area contributed by atoms with Crippen molar-refractivity contribution in [2.24, 2.45) is 0 Å². The predicted molar refractivity (Wildman–Crippen MR) is 153 cm³/mol. The number of allylic oxidation sites excluding steroid dienone is 1. The number of ether oxygens (including phenoxy) is 2. The number of benzene rings is 3. The molecule has 3 N–H and O–H groups in total. The SMILES string of the molecule is Nc1ccc2c(c1)CCCC(c1ccc3c(c1)NC(=O)CO3)=C2c1ccc(O[C@H]2CCN(CCCF)C2)cc1. The van der Waals surface area contributed by atoms with E-state index < -0.39 is 0 Å². The van der Waals surface area contributed by atoms with E-state index >= 15 is 0 Å². The average molecular weight is 528 g/mol. The monoisotopic (exact) mass is 527 g/mol. The summed E-state index contributed by atoms with van der Waals surface area (Å²) in [5.74, 6) is 1.40. The van der Waals surface area contributed by atoms with Crippen LogP contribution in [0.1, 0.15) is 47.9 Å². The Morgan fingerprint density at radius 3 is 2.74 bits per heavy atom. The average Bonchev–Trinajstić information content (AvgIpc) is 3.30. The van der Waals surface area contributed by atoms with E-state index in [4.69, 9.17) is 15.2 Å². The molecule has 0 unspecified atom stereocenters. The number of aryl methyl sites for hydroxylation is 1. The maximum absolute atomic E-state index is 12.6. The summed E-state index contributed by atoms with van der Waals surface area (Å²) in [6.07, 6.45) is 4.50. The van der Waals surface area contributed by atoms with E-state index in [1.54, 1.807) is 0 Å². The molecule has 2 aliphatic heterocycles. The zero-order valence-electron chi connectivity index (χ0n) is 22.0. The summed E-state index contributed by atoms with van der Waals surface area (Å²) < 4.78 is 24.5. The van der Waals surface area contributed by atoms with Gasteiger partial charge in [-0.25, -0.2) is 0 Å². The summed E-state index contributed by atoms with van der Waals surface area (Å²) in [7, 11) is 0. The lowest BCUT2D eigenvalue weighted by atomic mass is 9.87. The number of carbonyl (C=O) groups excluding carboxylic acids is 1. The highest BCUT2D eigenvalue weighted by Crippen LogP contribution is 2.42. The van der Waals surface area contributed by atoms with Crippen LogP contribution in [0.2, 0.25) is 0 Å². The Bertz CT molecular complexity index is 1400. The fourth-order valence-corrected chi connectivity index (χ4v) is 5.97. The van der Waals surface area contributed by atoms with Gasteiger partial charge in [0.1, 0.15) is 17.6 Å². The Labute approximate surface area is 228 Å². The molecule has 6 rings (SSSR count). The van der Waals surface area contributed by atoms with Crippen LogP contribution in [0.3, 0.4) is 0 Å². The molecule has 0 bridgehead atoms. The van der Waals surface area contributed by atoms with Gasteiger partial charge in [0.15, 0.2) is 6.61 Å². The van der Waals surface area contributed by atoms with Crippen molar-refractivity contribution in [3.63, 3.8) is 0 Å². The van der Waals surface area contributed by atoms with E-state index in [1.807, 2.05) is 30.3 Å². The van der Waals surface area contributed by atoms with E-state index in [2.05, 4.69) is 40.5 Å². The van der Waals surface area contributed by atoms with Crippen molar-refractivity contribution in [2.75, 3.05) is 44.0 Å². The fraction of sp³-hybridized carbons (Fsp3) is 0.344. The number of likely N-dealkylation sites (tertiary alicyclic amines) is 1. The third kappa shape index (κ3) is 5.50. The minimum atomic E-state index is -0.273. The Balaban J connectivity index is 1.35. The van der Waals surface area contributed by atoms with Crippen LogP contribution in [-0.4, -0.2) is 49.8 Å². The summed E-state index contributed by atoms with van der Waals surface area (Å²) in [5.41, 5.74) is 14.7. The first-order chi connectivity index (χ1) is 19.1. The maximum atomic E-state index is 12.6. The van der Waals surface area contributed by atoms with Gasteiger partial charge < -0.3 is 20.5 Å². The molecule has 0 radical (unpaired) electrons. The van der Waals surface area contributed by atoms with Crippen molar-refractivity contribution in [1.82, 2.24) is 4.90 Å². The smallest absolute Gasteiger partial charge is 0.262 e. The van der Waals surface area contributed by atoms with Crippen LogP contribution in [0.25, 0.3) is 11.1 Å². The van der Waals surface area contributed by atoms with Gasteiger partial charge >= 0.3 is 0 Å². The molecule has 1 atom stereocenters. The number of nitrogens with two attached hydrogens (primary N) is 1. The first kappa shape index (κ1) is 25.4. The van der Waals surface area contributed by atoms with E-state index in [1.165, 1.54) is 22.3 Å². The van der Waals surface area contributed by atoms with Gasteiger partial charge in [0, 0.05) is 25.3 Å². The Morgan fingerprint density at radius 1 is 1.05 bits per heavy atom. The highest BCUT2D eigenvalue weighted by molar-refractivity contribution is 6.02. The molecule has 1 aliphatic carbocycles.